The van der Waals surface area contributed by atoms with Gasteiger partial charge in [-0.15, -0.1) is 5.10 Å². The molecular weight excluding hydrogens is 358 g/mol. The molecule has 1 amide bonds. The Bertz CT molecular complexity index is 912. The highest BCUT2D eigenvalue weighted by Crippen LogP contribution is 2.16. The van der Waals surface area contributed by atoms with Gasteiger partial charge in [-0.05, 0) is 59.8 Å². The zero-order valence-corrected chi connectivity index (χ0v) is 14.4. The van der Waals surface area contributed by atoms with Gasteiger partial charge in [0.25, 0.3) is 5.91 Å². The molecule has 0 aliphatic rings. The van der Waals surface area contributed by atoms with Crippen molar-refractivity contribution >= 4 is 29.2 Å². The van der Waals surface area contributed by atoms with E-state index in [0.717, 1.165) is 0 Å². The number of amides is 1. The molecule has 0 aliphatic heterocycles. The van der Waals surface area contributed by atoms with Gasteiger partial charge in [0.1, 0.15) is 6.33 Å². The van der Waals surface area contributed by atoms with E-state index in [1.54, 1.807) is 48.5 Å². The maximum atomic E-state index is 12.2. The van der Waals surface area contributed by atoms with E-state index in [0.29, 0.717) is 22.0 Å². The second-order valence-corrected chi connectivity index (χ2v) is 5.78. The highest BCUT2D eigenvalue weighted by Gasteiger charge is 2.19. The Hall–Kier alpha value is -3.26. The number of ether oxygens (including phenoxy) is 1. The molecule has 0 saturated heterocycles. The van der Waals surface area contributed by atoms with Crippen molar-refractivity contribution in [2.75, 3.05) is 5.32 Å². The fourth-order valence-electron chi connectivity index (χ4n) is 2.12. The summed E-state index contributed by atoms with van der Waals surface area (Å²) in [6.45, 7) is 1.49. The van der Waals surface area contributed by atoms with Crippen LogP contribution in [-0.4, -0.2) is 38.2 Å². The van der Waals surface area contributed by atoms with Crippen LogP contribution in [0.15, 0.2) is 54.9 Å². The molecule has 0 spiro atoms. The Balaban J connectivity index is 1.60. The Kier molecular flexibility index (Phi) is 5.23. The fraction of sp³-hybridized carbons (Fsp3) is 0.118. The number of nitrogens with zero attached hydrogens (tertiary/aromatic N) is 4. The summed E-state index contributed by atoms with van der Waals surface area (Å²) in [5.41, 5.74) is 1.53. The molecule has 1 aromatic heterocycles. The van der Waals surface area contributed by atoms with Crippen LogP contribution in [0.2, 0.25) is 5.02 Å². The van der Waals surface area contributed by atoms with Crippen LogP contribution in [0, 0.1) is 0 Å². The van der Waals surface area contributed by atoms with Crippen molar-refractivity contribution in [3.05, 3.63) is 65.4 Å². The van der Waals surface area contributed by atoms with Gasteiger partial charge in [-0.2, -0.15) is 0 Å². The Morgan fingerprint density at radius 3 is 2.62 bits per heavy atom. The lowest BCUT2D eigenvalue weighted by molar-refractivity contribution is -0.123. The van der Waals surface area contributed by atoms with Gasteiger partial charge >= 0.3 is 5.97 Å². The third kappa shape index (κ3) is 4.22. The highest BCUT2D eigenvalue weighted by molar-refractivity contribution is 6.30. The monoisotopic (exact) mass is 371 g/mol. The quantitative estimate of drug-likeness (QED) is 0.692. The number of tetrazole rings is 1. The van der Waals surface area contributed by atoms with Gasteiger partial charge in [0.05, 0.1) is 11.3 Å². The second kappa shape index (κ2) is 7.75. The molecular formula is C17H14ClN5O3. The summed E-state index contributed by atoms with van der Waals surface area (Å²) in [6, 6.07) is 13.2. The first-order valence-electron chi connectivity index (χ1n) is 7.64. The molecule has 1 atom stereocenters. The first-order valence-corrected chi connectivity index (χ1v) is 8.01. The fourth-order valence-corrected chi connectivity index (χ4v) is 2.31. The molecule has 9 heteroatoms. The largest absolute Gasteiger partial charge is 0.449 e. The number of hydrogen-bond donors (Lipinski definition) is 1. The smallest absolute Gasteiger partial charge is 0.338 e. The molecule has 0 saturated carbocycles. The standard InChI is InChI=1S/C17H14ClN5O3/c1-11(16(24)20-14-4-2-3-13(18)9-14)26-17(25)12-5-7-15(8-6-12)23-10-19-21-22-23/h2-11H,1H3,(H,20,24)/t11-/m0/s1. The summed E-state index contributed by atoms with van der Waals surface area (Å²) in [7, 11) is 0. The molecule has 2 aromatic carbocycles. The third-order valence-corrected chi connectivity index (χ3v) is 3.70. The van der Waals surface area contributed by atoms with E-state index < -0.39 is 18.0 Å². The van der Waals surface area contributed by atoms with E-state index in [9.17, 15) is 9.59 Å². The average Bonchev–Trinajstić information content (AvgIpc) is 3.16. The molecule has 1 N–H and O–H groups in total. The van der Waals surface area contributed by atoms with Crippen molar-refractivity contribution in [2.45, 2.75) is 13.0 Å². The van der Waals surface area contributed by atoms with Gasteiger partial charge in [0.15, 0.2) is 6.10 Å². The summed E-state index contributed by atoms with van der Waals surface area (Å²) in [6.07, 6.45) is 0.468. The summed E-state index contributed by atoms with van der Waals surface area (Å²) in [5, 5.41) is 14.0. The number of esters is 1. The molecule has 0 radical (unpaired) electrons. The Morgan fingerprint density at radius 1 is 1.19 bits per heavy atom. The van der Waals surface area contributed by atoms with E-state index in [-0.39, 0.29) is 0 Å². The normalized spacial score (nSPS) is 11.6. The van der Waals surface area contributed by atoms with Crippen LogP contribution >= 0.6 is 11.6 Å². The average molecular weight is 372 g/mol. The van der Waals surface area contributed by atoms with E-state index in [2.05, 4.69) is 20.8 Å². The number of nitrogens with one attached hydrogen (secondary N) is 1. The van der Waals surface area contributed by atoms with Crippen LogP contribution in [0.4, 0.5) is 5.69 Å². The topological polar surface area (TPSA) is 99.0 Å². The molecule has 0 aliphatic carbocycles. The van der Waals surface area contributed by atoms with Crippen molar-refractivity contribution in [1.29, 1.82) is 0 Å². The minimum atomic E-state index is -0.972. The number of aromatic nitrogens is 4. The molecule has 3 aromatic rings. The molecule has 3 rings (SSSR count). The van der Waals surface area contributed by atoms with Crippen molar-refractivity contribution in [2.24, 2.45) is 0 Å². The van der Waals surface area contributed by atoms with Crippen LogP contribution in [0.5, 0.6) is 0 Å². The predicted molar refractivity (Wildman–Crippen MR) is 94.1 cm³/mol. The number of anilines is 1. The zero-order chi connectivity index (χ0) is 18.5. The van der Waals surface area contributed by atoms with Crippen molar-refractivity contribution < 1.29 is 14.3 Å². The SMILES string of the molecule is C[C@H](OC(=O)c1ccc(-n2cnnn2)cc1)C(=O)Nc1cccc(Cl)c1. The van der Waals surface area contributed by atoms with E-state index >= 15 is 0 Å². The first-order chi connectivity index (χ1) is 12.5. The summed E-state index contributed by atoms with van der Waals surface area (Å²) < 4.78 is 6.65. The lowest BCUT2D eigenvalue weighted by atomic mass is 10.2. The Morgan fingerprint density at radius 2 is 1.96 bits per heavy atom. The minimum Gasteiger partial charge on any atom is -0.449 e. The van der Waals surface area contributed by atoms with Crippen molar-refractivity contribution in [1.82, 2.24) is 20.2 Å². The number of rotatable bonds is 5. The minimum absolute atomic E-state index is 0.309. The van der Waals surface area contributed by atoms with Gasteiger partial charge in [0.2, 0.25) is 0 Å². The van der Waals surface area contributed by atoms with E-state index in [4.69, 9.17) is 16.3 Å². The molecule has 0 fully saturated rings. The maximum Gasteiger partial charge on any atom is 0.338 e. The zero-order valence-electron chi connectivity index (χ0n) is 13.7. The van der Waals surface area contributed by atoms with Gasteiger partial charge in [-0.3, -0.25) is 4.79 Å². The predicted octanol–water partition coefficient (Wildman–Crippen LogP) is 2.50. The van der Waals surface area contributed by atoms with Gasteiger partial charge in [0, 0.05) is 10.7 Å². The third-order valence-electron chi connectivity index (χ3n) is 3.46. The molecule has 26 heavy (non-hydrogen) atoms. The van der Waals surface area contributed by atoms with Crippen LogP contribution in [0.25, 0.3) is 5.69 Å². The molecule has 0 bridgehead atoms. The van der Waals surface area contributed by atoms with E-state index in [1.165, 1.54) is 17.9 Å². The Labute approximate surface area is 153 Å². The summed E-state index contributed by atoms with van der Waals surface area (Å²) >= 11 is 5.87. The van der Waals surface area contributed by atoms with Crippen LogP contribution in [0.3, 0.4) is 0 Å². The van der Waals surface area contributed by atoms with Crippen LogP contribution in [-0.2, 0) is 9.53 Å². The number of hydrogen-bond acceptors (Lipinski definition) is 6. The summed E-state index contributed by atoms with van der Waals surface area (Å²) in [5.74, 6) is -1.06. The molecule has 132 valence electrons. The van der Waals surface area contributed by atoms with Crippen LogP contribution in [0.1, 0.15) is 17.3 Å². The van der Waals surface area contributed by atoms with Gasteiger partial charge in [-0.1, -0.05) is 17.7 Å². The van der Waals surface area contributed by atoms with Crippen molar-refractivity contribution in [3.63, 3.8) is 0 Å². The van der Waals surface area contributed by atoms with E-state index in [1.807, 2.05) is 0 Å². The number of halogens is 1. The van der Waals surface area contributed by atoms with Gasteiger partial charge in [-0.25, -0.2) is 9.48 Å². The number of benzene rings is 2. The second-order valence-electron chi connectivity index (χ2n) is 5.35. The van der Waals surface area contributed by atoms with Crippen molar-refractivity contribution in [3.8, 4) is 5.69 Å². The number of carbonyl (C=O) groups is 2. The lowest BCUT2D eigenvalue weighted by Crippen LogP contribution is -2.30. The van der Waals surface area contributed by atoms with Crippen LogP contribution < -0.4 is 5.32 Å². The molecule has 1 heterocycles. The first kappa shape index (κ1) is 17.6. The highest BCUT2D eigenvalue weighted by atomic mass is 35.5. The van der Waals surface area contributed by atoms with Gasteiger partial charge < -0.3 is 10.1 Å². The lowest BCUT2D eigenvalue weighted by Gasteiger charge is -2.14. The number of carbonyl (C=O) groups excluding carboxylic acids is 2. The summed E-state index contributed by atoms with van der Waals surface area (Å²) in [4.78, 5) is 24.3. The maximum absolute atomic E-state index is 12.2. The molecule has 0 unspecified atom stereocenters. The molecule has 8 nitrogen and oxygen atoms in total.